The fraction of sp³-hybridized carbons (Fsp3) is 0.0714. The van der Waals surface area contributed by atoms with Crippen molar-refractivity contribution in [1.29, 1.82) is 5.26 Å². The van der Waals surface area contributed by atoms with E-state index in [1.54, 1.807) is 0 Å². The summed E-state index contributed by atoms with van der Waals surface area (Å²) in [6.45, 7) is 0. The number of hydrogen-bond acceptors (Lipinski definition) is 3. The maximum Gasteiger partial charge on any atom is 0.417 e. The van der Waals surface area contributed by atoms with Gasteiger partial charge >= 0.3 is 6.18 Å². The van der Waals surface area contributed by atoms with Crippen molar-refractivity contribution in [2.45, 2.75) is 6.18 Å². The second-order valence-corrected chi connectivity index (χ2v) is 4.23. The molecule has 21 heavy (non-hydrogen) atoms. The Kier molecular flexibility index (Phi) is 3.72. The van der Waals surface area contributed by atoms with Crippen LogP contribution >= 0.6 is 0 Å². The zero-order chi connectivity index (χ0) is 15.6. The van der Waals surface area contributed by atoms with Crippen molar-refractivity contribution < 1.29 is 17.6 Å². The van der Waals surface area contributed by atoms with Gasteiger partial charge < -0.3 is 11.1 Å². The highest BCUT2D eigenvalue weighted by Gasteiger charge is 2.33. The lowest BCUT2D eigenvalue weighted by Crippen LogP contribution is -2.08. The molecule has 2 aromatic rings. The topological polar surface area (TPSA) is 61.8 Å². The third-order valence-corrected chi connectivity index (χ3v) is 2.74. The Morgan fingerprint density at radius 1 is 1.10 bits per heavy atom. The molecule has 0 aliphatic carbocycles. The quantitative estimate of drug-likeness (QED) is 0.649. The largest absolute Gasteiger partial charge is 0.417 e. The Morgan fingerprint density at radius 2 is 1.81 bits per heavy atom. The molecule has 108 valence electrons. The number of alkyl halides is 3. The Labute approximate surface area is 117 Å². The first-order valence-electron chi connectivity index (χ1n) is 5.74. The number of rotatable bonds is 2. The van der Waals surface area contributed by atoms with Gasteiger partial charge in [0.2, 0.25) is 0 Å². The first kappa shape index (κ1) is 14.7. The number of nitrogens with one attached hydrogen (secondary N) is 1. The van der Waals surface area contributed by atoms with Gasteiger partial charge in [0.15, 0.2) is 0 Å². The van der Waals surface area contributed by atoms with Crippen LogP contribution in [-0.2, 0) is 6.18 Å². The number of nitriles is 1. The first-order chi connectivity index (χ1) is 9.81. The van der Waals surface area contributed by atoms with Crippen molar-refractivity contribution in [2.24, 2.45) is 0 Å². The first-order valence-corrected chi connectivity index (χ1v) is 5.74. The van der Waals surface area contributed by atoms with Gasteiger partial charge in [0.1, 0.15) is 5.82 Å². The van der Waals surface area contributed by atoms with Crippen molar-refractivity contribution in [1.82, 2.24) is 0 Å². The molecule has 0 spiro atoms. The number of nitrogens with zero attached hydrogens (tertiary/aromatic N) is 1. The number of benzene rings is 2. The fourth-order valence-corrected chi connectivity index (χ4v) is 1.76. The van der Waals surface area contributed by atoms with Crippen LogP contribution in [0.4, 0.5) is 34.6 Å². The minimum Gasteiger partial charge on any atom is -0.397 e. The summed E-state index contributed by atoms with van der Waals surface area (Å²) in [4.78, 5) is 0. The van der Waals surface area contributed by atoms with Crippen LogP contribution in [0.1, 0.15) is 11.1 Å². The summed E-state index contributed by atoms with van der Waals surface area (Å²) in [5.41, 5.74) is 4.49. The van der Waals surface area contributed by atoms with E-state index in [9.17, 15) is 17.6 Å². The summed E-state index contributed by atoms with van der Waals surface area (Å²) in [5.74, 6) is -0.547. The van der Waals surface area contributed by atoms with Crippen LogP contribution in [0.25, 0.3) is 0 Å². The van der Waals surface area contributed by atoms with Gasteiger partial charge in [0.25, 0.3) is 0 Å². The van der Waals surface area contributed by atoms with Crippen molar-refractivity contribution in [3.63, 3.8) is 0 Å². The molecule has 0 atom stereocenters. The van der Waals surface area contributed by atoms with Crippen LogP contribution in [-0.4, -0.2) is 0 Å². The van der Waals surface area contributed by atoms with Crippen molar-refractivity contribution in [3.8, 4) is 6.07 Å². The number of nitrogen functional groups attached to an aromatic ring is 1. The molecular formula is C14H9F4N3. The number of anilines is 3. The third-order valence-electron chi connectivity index (χ3n) is 2.74. The SMILES string of the molecule is N#Cc1ccc(Nc2ccc(F)cc2N)cc1C(F)(F)F. The van der Waals surface area contributed by atoms with Gasteiger partial charge in [-0.25, -0.2) is 4.39 Å². The van der Waals surface area contributed by atoms with Crippen molar-refractivity contribution in [3.05, 3.63) is 53.3 Å². The molecule has 0 amide bonds. The molecule has 0 aliphatic rings. The van der Waals surface area contributed by atoms with Crippen LogP contribution in [0.3, 0.4) is 0 Å². The molecule has 0 radical (unpaired) electrons. The predicted molar refractivity (Wildman–Crippen MR) is 70.3 cm³/mol. The third kappa shape index (κ3) is 3.23. The molecule has 7 heteroatoms. The molecular weight excluding hydrogens is 286 g/mol. The van der Waals surface area contributed by atoms with E-state index in [1.807, 2.05) is 0 Å². The minimum atomic E-state index is -4.64. The highest BCUT2D eigenvalue weighted by molar-refractivity contribution is 5.73. The van der Waals surface area contributed by atoms with Gasteiger partial charge in [0, 0.05) is 5.69 Å². The van der Waals surface area contributed by atoms with E-state index in [1.165, 1.54) is 18.2 Å². The maximum absolute atomic E-state index is 12.9. The van der Waals surface area contributed by atoms with E-state index in [2.05, 4.69) is 5.32 Å². The minimum absolute atomic E-state index is 0.0629. The molecule has 0 saturated carbocycles. The molecule has 0 unspecified atom stereocenters. The van der Waals surface area contributed by atoms with E-state index < -0.39 is 23.1 Å². The summed E-state index contributed by atoms with van der Waals surface area (Å²) in [5, 5.41) is 11.4. The zero-order valence-electron chi connectivity index (χ0n) is 10.5. The van der Waals surface area contributed by atoms with Gasteiger partial charge in [-0.1, -0.05) is 0 Å². The maximum atomic E-state index is 12.9. The summed E-state index contributed by atoms with van der Waals surface area (Å²) >= 11 is 0. The van der Waals surface area contributed by atoms with Gasteiger partial charge in [-0.15, -0.1) is 0 Å². The predicted octanol–water partition coefficient (Wildman–Crippen LogP) is 4.04. The molecule has 0 bridgehead atoms. The average molecular weight is 295 g/mol. The highest BCUT2D eigenvalue weighted by atomic mass is 19.4. The van der Waals surface area contributed by atoms with Crippen LogP contribution in [0.15, 0.2) is 36.4 Å². The smallest absolute Gasteiger partial charge is 0.397 e. The Hall–Kier alpha value is -2.75. The monoisotopic (exact) mass is 295 g/mol. The summed E-state index contributed by atoms with van der Waals surface area (Å²) in [6, 6.07) is 8.17. The fourth-order valence-electron chi connectivity index (χ4n) is 1.76. The Balaban J connectivity index is 2.40. The molecule has 2 aromatic carbocycles. The highest BCUT2D eigenvalue weighted by Crippen LogP contribution is 2.34. The molecule has 3 nitrogen and oxygen atoms in total. The average Bonchev–Trinajstić information content (AvgIpc) is 2.41. The molecule has 3 N–H and O–H groups in total. The van der Waals surface area contributed by atoms with Crippen LogP contribution in [0.2, 0.25) is 0 Å². The number of nitrogens with two attached hydrogens (primary N) is 1. The van der Waals surface area contributed by atoms with E-state index in [0.29, 0.717) is 0 Å². The lowest BCUT2D eigenvalue weighted by atomic mass is 10.1. The number of halogens is 4. The van der Waals surface area contributed by atoms with Crippen LogP contribution in [0.5, 0.6) is 0 Å². The molecule has 0 aromatic heterocycles. The lowest BCUT2D eigenvalue weighted by molar-refractivity contribution is -0.137. The molecule has 0 heterocycles. The Morgan fingerprint density at radius 3 is 2.38 bits per heavy atom. The van der Waals surface area contributed by atoms with Crippen LogP contribution in [0, 0.1) is 17.1 Å². The van der Waals surface area contributed by atoms with E-state index in [-0.39, 0.29) is 17.1 Å². The van der Waals surface area contributed by atoms with Crippen molar-refractivity contribution in [2.75, 3.05) is 11.1 Å². The standard InChI is InChI=1S/C14H9F4N3/c15-9-2-4-13(12(20)5-9)21-10-3-1-8(7-19)11(6-10)14(16,17)18/h1-6,21H,20H2. The van der Waals surface area contributed by atoms with Gasteiger partial charge in [-0.05, 0) is 36.4 Å². The second-order valence-electron chi connectivity index (χ2n) is 4.23. The normalized spacial score (nSPS) is 11.0. The summed E-state index contributed by atoms with van der Waals surface area (Å²) in [7, 11) is 0. The summed E-state index contributed by atoms with van der Waals surface area (Å²) < 4.78 is 51.4. The van der Waals surface area contributed by atoms with Gasteiger partial charge in [-0.3, -0.25) is 0 Å². The van der Waals surface area contributed by atoms with E-state index >= 15 is 0 Å². The van der Waals surface area contributed by atoms with Gasteiger partial charge in [0.05, 0.1) is 28.6 Å². The zero-order valence-corrected chi connectivity index (χ0v) is 10.5. The molecule has 2 rings (SSSR count). The Bertz CT molecular complexity index is 717. The molecule has 0 saturated heterocycles. The summed E-state index contributed by atoms with van der Waals surface area (Å²) in [6.07, 6.45) is -4.64. The van der Waals surface area contributed by atoms with Crippen molar-refractivity contribution >= 4 is 17.1 Å². The molecule has 0 fully saturated rings. The van der Waals surface area contributed by atoms with Crippen LogP contribution < -0.4 is 11.1 Å². The van der Waals surface area contributed by atoms with Gasteiger partial charge in [-0.2, -0.15) is 18.4 Å². The lowest BCUT2D eigenvalue weighted by Gasteiger charge is -2.13. The van der Waals surface area contributed by atoms with E-state index in [0.717, 1.165) is 24.3 Å². The number of hydrogen-bond donors (Lipinski definition) is 2. The second kappa shape index (κ2) is 5.32. The molecule has 0 aliphatic heterocycles. The van der Waals surface area contributed by atoms with E-state index in [4.69, 9.17) is 11.0 Å².